The predicted octanol–water partition coefficient (Wildman–Crippen LogP) is 1.78. The third-order valence-electron chi connectivity index (χ3n) is 3.19. The zero-order valence-electron chi connectivity index (χ0n) is 11.7. The van der Waals surface area contributed by atoms with Crippen molar-refractivity contribution >= 4 is 5.91 Å². The van der Waals surface area contributed by atoms with Gasteiger partial charge in [0.25, 0.3) is 0 Å². The second-order valence-corrected chi connectivity index (χ2v) is 4.50. The number of nitrogens with zero attached hydrogens (tertiary/aromatic N) is 1. The van der Waals surface area contributed by atoms with E-state index in [0.717, 1.165) is 25.8 Å². The fraction of sp³-hybridized carbons (Fsp3) is 0.923. The first-order chi connectivity index (χ1) is 8.10. The van der Waals surface area contributed by atoms with E-state index >= 15 is 0 Å². The summed E-state index contributed by atoms with van der Waals surface area (Å²) in [6, 6.07) is 0.296. The van der Waals surface area contributed by atoms with Crippen molar-refractivity contribution in [2.75, 3.05) is 20.2 Å². The number of ether oxygens (including phenoxy) is 1. The molecule has 0 rings (SSSR count). The summed E-state index contributed by atoms with van der Waals surface area (Å²) in [6.45, 7) is 7.57. The number of unbranched alkanes of at least 4 members (excludes halogenated alkanes) is 1. The van der Waals surface area contributed by atoms with E-state index in [1.807, 2.05) is 4.90 Å². The first kappa shape index (κ1) is 16.4. The van der Waals surface area contributed by atoms with Crippen molar-refractivity contribution in [3.63, 3.8) is 0 Å². The molecule has 0 saturated carbocycles. The minimum Gasteiger partial charge on any atom is -0.380 e. The molecule has 0 aromatic rings. The second kappa shape index (κ2) is 9.42. The van der Waals surface area contributed by atoms with Gasteiger partial charge in [0.15, 0.2) is 0 Å². The monoisotopic (exact) mass is 244 g/mol. The maximum atomic E-state index is 12.2. The average molecular weight is 244 g/mol. The quantitative estimate of drug-likeness (QED) is 0.672. The molecule has 4 nitrogen and oxygen atoms in total. The Morgan fingerprint density at radius 1 is 1.41 bits per heavy atom. The molecule has 0 aliphatic carbocycles. The van der Waals surface area contributed by atoms with Gasteiger partial charge in [0.2, 0.25) is 5.91 Å². The van der Waals surface area contributed by atoms with Gasteiger partial charge in [0.1, 0.15) is 0 Å². The van der Waals surface area contributed by atoms with Crippen molar-refractivity contribution < 1.29 is 9.53 Å². The fourth-order valence-corrected chi connectivity index (χ4v) is 1.71. The van der Waals surface area contributed by atoms with Crippen molar-refractivity contribution in [3.8, 4) is 0 Å². The van der Waals surface area contributed by atoms with Crippen LogP contribution in [0.25, 0.3) is 0 Å². The van der Waals surface area contributed by atoms with Gasteiger partial charge in [0, 0.05) is 26.2 Å². The molecule has 0 bridgehead atoms. The van der Waals surface area contributed by atoms with Gasteiger partial charge in [-0.1, -0.05) is 20.3 Å². The first-order valence-electron chi connectivity index (χ1n) is 6.62. The normalized spacial score (nSPS) is 14.4. The van der Waals surface area contributed by atoms with Crippen LogP contribution in [0.1, 0.15) is 46.5 Å². The van der Waals surface area contributed by atoms with E-state index in [1.54, 1.807) is 7.11 Å². The predicted molar refractivity (Wildman–Crippen MR) is 70.8 cm³/mol. The topological polar surface area (TPSA) is 55.6 Å². The molecule has 1 amide bonds. The highest BCUT2D eigenvalue weighted by Gasteiger charge is 2.21. The van der Waals surface area contributed by atoms with Crippen LogP contribution in [0.15, 0.2) is 0 Å². The SMILES string of the molecule is CCCCN(C(=O)CC(CN)OC)C(C)CC. The van der Waals surface area contributed by atoms with Crippen molar-refractivity contribution in [1.82, 2.24) is 4.90 Å². The number of methoxy groups -OCH3 is 1. The Labute approximate surface area is 105 Å². The highest BCUT2D eigenvalue weighted by Crippen LogP contribution is 2.10. The summed E-state index contributed by atoms with van der Waals surface area (Å²) in [5.41, 5.74) is 5.54. The molecule has 0 spiro atoms. The molecule has 0 aliphatic rings. The summed E-state index contributed by atoms with van der Waals surface area (Å²) in [5.74, 6) is 0.158. The summed E-state index contributed by atoms with van der Waals surface area (Å²) < 4.78 is 5.17. The molecule has 0 aromatic carbocycles. The highest BCUT2D eigenvalue weighted by molar-refractivity contribution is 5.77. The third kappa shape index (κ3) is 6.03. The van der Waals surface area contributed by atoms with Crippen molar-refractivity contribution in [1.29, 1.82) is 0 Å². The van der Waals surface area contributed by atoms with Crippen LogP contribution in [0.5, 0.6) is 0 Å². The summed E-state index contributed by atoms with van der Waals surface area (Å²) in [5, 5.41) is 0. The van der Waals surface area contributed by atoms with E-state index in [2.05, 4.69) is 20.8 Å². The van der Waals surface area contributed by atoms with Crippen LogP contribution in [0.4, 0.5) is 0 Å². The molecule has 0 heterocycles. The Balaban J connectivity index is 4.40. The second-order valence-electron chi connectivity index (χ2n) is 4.50. The maximum absolute atomic E-state index is 12.2. The number of nitrogens with two attached hydrogens (primary N) is 1. The molecule has 0 saturated heterocycles. The molecule has 102 valence electrons. The van der Waals surface area contributed by atoms with E-state index in [-0.39, 0.29) is 12.0 Å². The van der Waals surface area contributed by atoms with Crippen molar-refractivity contribution in [3.05, 3.63) is 0 Å². The number of hydrogen-bond acceptors (Lipinski definition) is 3. The molecule has 0 aliphatic heterocycles. The van der Waals surface area contributed by atoms with Crippen LogP contribution in [-0.4, -0.2) is 43.2 Å². The largest absolute Gasteiger partial charge is 0.380 e. The van der Waals surface area contributed by atoms with Gasteiger partial charge in [-0.3, -0.25) is 4.79 Å². The summed E-state index contributed by atoms with van der Waals surface area (Å²) in [6.07, 6.45) is 3.37. The molecular formula is C13H28N2O2. The zero-order valence-corrected chi connectivity index (χ0v) is 11.7. The minimum atomic E-state index is -0.157. The molecule has 0 aromatic heterocycles. The van der Waals surface area contributed by atoms with Crippen molar-refractivity contribution in [2.45, 2.75) is 58.6 Å². The average Bonchev–Trinajstić information content (AvgIpc) is 2.35. The van der Waals surface area contributed by atoms with E-state index < -0.39 is 0 Å². The maximum Gasteiger partial charge on any atom is 0.225 e. The number of rotatable bonds is 9. The van der Waals surface area contributed by atoms with Gasteiger partial charge >= 0.3 is 0 Å². The summed E-state index contributed by atoms with van der Waals surface area (Å²) in [4.78, 5) is 14.1. The van der Waals surface area contributed by atoms with Crippen molar-refractivity contribution in [2.24, 2.45) is 5.73 Å². The van der Waals surface area contributed by atoms with Crippen LogP contribution in [0.2, 0.25) is 0 Å². The van der Waals surface area contributed by atoms with Crippen LogP contribution < -0.4 is 5.73 Å². The zero-order chi connectivity index (χ0) is 13.3. The summed E-state index contributed by atoms with van der Waals surface area (Å²) in [7, 11) is 1.60. The molecular weight excluding hydrogens is 216 g/mol. The molecule has 0 fully saturated rings. The Hall–Kier alpha value is -0.610. The van der Waals surface area contributed by atoms with E-state index in [0.29, 0.717) is 19.0 Å². The third-order valence-corrected chi connectivity index (χ3v) is 3.19. The lowest BCUT2D eigenvalue weighted by molar-refractivity contribution is -0.135. The molecule has 2 atom stereocenters. The standard InChI is InChI=1S/C13H28N2O2/c1-5-7-8-15(11(3)6-2)13(16)9-12(10-14)17-4/h11-12H,5-10,14H2,1-4H3. The Kier molecular flexibility index (Phi) is 9.09. The molecule has 2 unspecified atom stereocenters. The highest BCUT2D eigenvalue weighted by atomic mass is 16.5. The van der Waals surface area contributed by atoms with Crippen LogP contribution in [-0.2, 0) is 9.53 Å². The lowest BCUT2D eigenvalue weighted by Gasteiger charge is -2.29. The lowest BCUT2D eigenvalue weighted by Crippen LogP contribution is -2.41. The fourth-order valence-electron chi connectivity index (χ4n) is 1.71. The van der Waals surface area contributed by atoms with Gasteiger partial charge < -0.3 is 15.4 Å². The Morgan fingerprint density at radius 2 is 2.06 bits per heavy atom. The van der Waals surface area contributed by atoms with E-state index in [9.17, 15) is 4.79 Å². The van der Waals surface area contributed by atoms with Crippen LogP contribution >= 0.6 is 0 Å². The number of carbonyl (C=O) groups excluding carboxylic acids is 1. The molecule has 0 radical (unpaired) electrons. The van der Waals surface area contributed by atoms with Crippen LogP contribution in [0.3, 0.4) is 0 Å². The lowest BCUT2D eigenvalue weighted by atomic mass is 10.1. The summed E-state index contributed by atoms with van der Waals surface area (Å²) >= 11 is 0. The van der Waals surface area contributed by atoms with Gasteiger partial charge in [0.05, 0.1) is 12.5 Å². The number of carbonyl (C=O) groups is 1. The van der Waals surface area contributed by atoms with Gasteiger partial charge in [-0.2, -0.15) is 0 Å². The van der Waals surface area contributed by atoms with E-state index in [1.165, 1.54) is 0 Å². The molecule has 2 N–H and O–H groups in total. The van der Waals surface area contributed by atoms with Gasteiger partial charge in [-0.05, 0) is 19.8 Å². The Morgan fingerprint density at radius 3 is 2.47 bits per heavy atom. The first-order valence-corrected chi connectivity index (χ1v) is 6.62. The molecule has 17 heavy (non-hydrogen) atoms. The minimum absolute atomic E-state index is 0.157. The number of amides is 1. The van der Waals surface area contributed by atoms with Gasteiger partial charge in [-0.25, -0.2) is 0 Å². The number of hydrogen-bond donors (Lipinski definition) is 1. The Bertz CT molecular complexity index is 206. The molecule has 4 heteroatoms. The van der Waals surface area contributed by atoms with Gasteiger partial charge in [-0.15, -0.1) is 0 Å². The van der Waals surface area contributed by atoms with E-state index in [4.69, 9.17) is 10.5 Å². The van der Waals surface area contributed by atoms with Crippen LogP contribution in [0, 0.1) is 0 Å². The smallest absolute Gasteiger partial charge is 0.225 e.